The lowest BCUT2D eigenvalue weighted by molar-refractivity contribution is -0.202. The number of esters is 1. The molecule has 1 aliphatic carbocycles. The molecular weight excluding hydrogens is 362 g/mol. The number of benzene rings is 2. The number of aliphatic hydroxyl groups is 1. The smallest absolute Gasteiger partial charge is 0.407 e. The van der Waals surface area contributed by atoms with Gasteiger partial charge in [-0.1, -0.05) is 48.5 Å². The molecule has 1 atom stereocenters. The van der Waals surface area contributed by atoms with E-state index in [1.54, 1.807) is 0 Å². The summed E-state index contributed by atoms with van der Waals surface area (Å²) in [5.74, 6) is -0.843. The summed E-state index contributed by atoms with van der Waals surface area (Å²) in [6, 6.07) is 14.8. The van der Waals surface area contributed by atoms with Crippen LogP contribution in [0.3, 0.4) is 0 Å². The molecule has 2 aliphatic rings. The zero-order valence-corrected chi connectivity index (χ0v) is 15.4. The number of carbonyl (C=O) groups is 2. The van der Waals surface area contributed by atoms with Crippen molar-refractivity contribution in [1.82, 2.24) is 5.32 Å². The number of carbonyl (C=O) groups excluding carboxylic acids is 2. The van der Waals surface area contributed by atoms with Crippen molar-refractivity contribution in [2.24, 2.45) is 0 Å². The fourth-order valence-corrected chi connectivity index (χ4v) is 3.77. The minimum atomic E-state index is -1.49. The third kappa shape index (κ3) is 3.12. The van der Waals surface area contributed by atoms with Crippen LogP contribution >= 0.6 is 0 Å². The molecular formula is C21H21NO6. The van der Waals surface area contributed by atoms with Gasteiger partial charge in [0.15, 0.2) is 6.04 Å². The second-order valence-electron chi connectivity index (χ2n) is 7.02. The molecule has 1 fully saturated rings. The van der Waals surface area contributed by atoms with Gasteiger partial charge in [-0.05, 0) is 22.3 Å². The molecule has 2 aromatic rings. The van der Waals surface area contributed by atoms with E-state index in [0.717, 1.165) is 22.3 Å². The summed E-state index contributed by atoms with van der Waals surface area (Å²) in [6.45, 7) is -0.00444. The maximum absolute atomic E-state index is 12.3. The van der Waals surface area contributed by atoms with Gasteiger partial charge in [0.1, 0.15) is 12.2 Å². The van der Waals surface area contributed by atoms with Gasteiger partial charge in [0, 0.05) is 5.92 Å². The van der Waals surface area contributed by atoms with Crippen LogP contribution < -0.4 is 5.32 Å². The minimum absolute atomic E-state index is 0.0591. The van der Waals surface area contributed by atoms with Crippen LogP contribution in [0.2, 0.25) is 0 Å². The predicted octanol–water partition coefficient (Wildman–Crippen LogP) is 1.83. The van der Waals surface area contributed by atoms with Crippen molar-refractivity contribution < 1.29 is 28.9 Å². The first-order valence-electron chi connectivity index (χ1n) is 9.03. The molecule has 0 bridgehead atoms. The molecule has 2 N–H and O–H groups in total. The Bertz CT molecular complexity index is 862. The fraction of sp³-hybridized carbons (Fsp3) is 0.333. The Balaban J connectivity index is 1.47. The number of hydrogen-bond donors (Lipinski definition) is 2. The van der Waals surface area contributed by atoms with Crippen LogP contribution in [-0.2, 0) is 19.0 Å². The van der Waals surface area contributed by atoms with Crippen LogP contribution in [0.4, 0.5) is 4.79 Å². The molecule has 1 heterocycles. The zero-order valence-electron chi connectivity index (χ0n) is 15.4. The summed E-state index contributed by atoms with van der Waals surface area (Å²) >= 11 is 0. The molecule has 7 nitrogen and oxygen atoms in total. The number of alkyl carbamates (subject to hydrolysis) is 1. The lowest BCUT2D eigenvalue weighted by Crippen LogP contribution is -2.67. The van der Waals surface area contributed by atoms with Crippen molar-refractivity contribution >= 4 is 12.1 Å². The fourth-order valence-electron chi connectivity index (χ4n) is 3.77. The molecule has 2 aromatic carbocycles. The first-order chi connectivity index (χ1) is 13.5. The highest BCUT2D eigenvalue weighted by atomic mass is 16.6. The molecule has 146 valence electrons. The highest BCUT2D eigenvalue weighted by Gasteiger charge is 2.49. The summed E-state index contributed by atoms with van der Waals surface area (Å²) in [5.41, 5.74) is 2.94. The van der Waals surface area contributed by atoms with Gasteiger partial charge >= 0.3 is 12.1 Å². The molecule has 4 rings (SSSR count). The van der Waals surface area contributed by atoms with Crippen LogP contribution in [0.5, 0.6) is 0 Å². The number of fused-ring (bicyclic) bond motifs is 3. The van der Waals surface area contributed by atoms with Gasteiger partial charge in [-0.2, -0.15) is 0 Å². The normalized spacial score (nSPS) is 17.6. The Kier molecular flexibility index (Phi) is 4.78. The highest BCUT2D eigenvalue weighted by molar-refractivity contribution is 5.83. The molecule has 0 saturated carbocycles. The van der Waals surface area contributed by atoms with Crippen molar-refractivity contribution in [3.8, 4) is 11.1 Å². The SMILES string of the molecule is COC(=O)C(NC(=O)OCC1c2ccccc2-c2ccccc21)C1(O)COC1. The third-order valence-electron chi connectivity index (χ3n) is 5.28. The second kappa shape index (κ2) is 7.26. The number of amides is 1. The van der Waals surface area contributed by atoms with E-state index < -0.39 is 23.7 Å². The number of ether oxygens (including phenoxy) is 3. The molecule has 7 heteroatoms. The standard InChI is InChI=1S/C21H21NO6/c1-26-19(23)18(21(25)11-27-12-21)22-20(24)28-10-17-15-8-4-2-6-13(15)14-7-3-5-9-16(14)17/h2-9,17-18,25H,10-12H2,1H3,(H,22,24). The summed E-state index contributed by atoms with van der Waals surface area (Å²) < 4.78 is 15.1. The van der Waals surface area contributed by atoms with Crippen molar-refractivity contribution in [3.05, 3.63) is 59.7 Å². The first kappa shape index (κ1) is 18.5. The summed E-state index contributed by atoms with van der Waals surface area (Å²) in [5, 5.41) is 12.8. The zero-order chi connectivity index (χ0) is 19.7. The van der Waals surface area contributed by atoms with Gasteiger partial charge in [0.25, 0.3) is 0 Å². The maximum atomic E-state index is 12.3. The Morgan fingerprint density at radius 3 is 2.21 bits per heavy atom. The molecule has 0 spiro atoms. The van der Waals surface area contributed by atoms with E-state index in [-0.39, 0.29) is 25.7 Å². The second-order valence-corrected chi connectivity index (χ2v) is 7.02. The Morgan fingerprint density at radius 2 is 1.71 bits per heavy atom. The van der Waals surface area contributed by atoms with Crippen molar-refractivity contribution in [3.63, 3.8) is 0 Å². The van der Waals surface area contributed by atoms with E-state index in [9.17, 15) is 14.7 Å². The van der Waals surface area contributed by atoms with E-state index in [1.165, 1.54) is 7.11 Å². The van der Waals surface area contributed by atoms with Crippen LogP contribution in [-0.4, -0.2) is 55.7 Å². The average Bonchev–Trinajstić information content (AvgIpc) is 3.02. The van der Waals surface area contributed by atoms with E-state index in [4.69, 9.17) is 9.47 Å². The Morgan fingerprint density at radius 1 is 1.14 bits per heavy atom. The number of rotatable bonds is 5. The predicted molar refractivity (Wildman–Crippen MR) is 99.8 cm³/mol. The first-order valence-corrected chi connectivity index (χ1v) is 9.03. The van der Waals surface area contributed by atoms with Gasteiger partial charge in [-0.15, -0.1) is 0 Å². The van der Waals surface area contributed by atoms with Gasteiger partial charge in [0.2, 0.25) is 0 Å². The van der Waals surface area contributed by atoms with Crippen molar-refractivity contribution in [2.45, 2.75) is 17.6 Å². The molecule has 1 saturated heterocycles. The topological polar surface area (TPSA) is 94.1 Å². The lowest BCUT2D eigenvalue weighted by atomic mass is 9.92. The summed E-state index contributed by atoms with van der Waals surface area (Å²) in [6.07, 6.45) is -0.794. The van der Waals surface area contributed by atoms with Gasteiger partial charge in [0.05, 0.1) is 20.3 Å². The summed E-state index contributed by atoms with van der Waals surface area (Å²) in [4.78, 5) is 24.3. The molecule has 0 aromatic heterocycles. The van der Waals surface area contributed by atoms with Gasteiger partial charge < -0.3 is 24.6 Å². The van der Waals surface area contributed by atoms with Crippen LogP contribution in [0.25, 0.3) is 11.1 Å². The van der Waals surface area contributed by atoms with E-state index >= 15 is 0 Å². The van der Waals surface area contributed by atoms with Crippen molar-refractivity contribution in [1.29, 1.82) is 0 Å². The molecule has 1 amide bonds. The van der Waals surface area contributed by atoms with Gasteiger partial charge in [-0.25, -0.2) is 9.59 Å². The molecule has 0 radical (unpaired) electrons. The quantitative estimate of drug-likeness (QED) is 0.765. The monoisotopic (exact) mass is 383 g/mol. The lowest BCUT2D eigenvalue weighted by Gasteiger charge is -2.40. The molecule has 1 aliphatic heterocycles. The van der Waals surface area contributed by atoms with Gasteiger partial charge in [-0.3, -0.25) is 0 Å². The number of nitrogens with one attached hydrogen (secondary N) is 1. The minimum Gasteiger partial charge on any atom is -0.467 e. The van der Waals surface area contributed by atoms with E-state index in [0.29, 0.717) is 0 Å². The number of hydrogen-bond acceptors (Lipinski definition) is 6. The third-order valence-corrected chi connectivity index (χ3v) is 5.28. The van der Waals surface area contributed by atoms with E-state index in [2.05, 4.69) is 10.1 Å². The largest absolute Gasteiger partial charge is 0.467 e. The van der Waals surface area contributed by atoms with Crippen LogP contribution in [0, 0.1) is 0 Å². The van der Waals surface area contributed by atoms with E-state index in [1.807, 2.05) is 48.5 Å². The maximum Gasteiger partial charge on any atom is 0.407 e. The van der Waals surface area contributed by atoms with Crippen LogP contribution in [0.1, 0.15) is 17.0 Å². The highest BCUT2D eigenvalue weighted by Crippen LogP contribution is 2.44. The Hall–Kier alpha value is -2.90. The van der Waals surface area contributed by atoms with Crippen molar-refractivity contribution in [2.75, 3.05) is 26.9 Å². The number of methoxy groups -OCH3 is 1. The Labute approximate surface area is 162 Å². The molecule has 1 unspecified atom stereocenters. The average molecular weight is 383 g/mol. The van der Waals surface area contributed by atoms with Crippen LogP contribution in [0.15, 0.2) is 48.5 Å². The summed E-state index contributed by atoms with van der Waals surface area (Å²) in [7, 11) is 1.19. The molecule has 28 heavy (non-hydrogen) atoms.